The van der Waals surface area contributed by atoms with Gasteiger partial charge in [0.25, 0.3) is 10.0 Å². The Morgan fingerprint density at radius 2 is 1.49 bits per heavy atom. The van der Waals surface area contributed by atoms with Gasteiger partial charge in [-0.05, 0) is 80.3 Å². The second-order valence-corrected chi connectivity index (χ2v) is 14.1. The number of benzene rings is 4. The molecule has 7 nitrogen and oxygen atoms in total. The lowest BCUT2D eigenvalue weighted by Crippen LogP contribution is -2.54. The number of nitrogens with zero attached hydrogens (tertiary/aromatic N) is 2. The number of rotatable bonds is 13. The number of carbonyl (C=O) groups excluding carboxylic acids is 2. The number of nitrogens with one attached hydrogen (secondary N) is 1. The maximum atomic E-state index is 14.5. The summed E-state index contributed by atoms with van der Waals surface area (Å²) in [6.07, 6.45) is 0.987. The van der Waals surface area contributed by atoms with Gasteiger partial charge >= 0.3 is 0 Å². The number of hydrogen-bond donors (Lipinski definition) is 1. The summed E-state index contributed by atoms with van der Waals surface area (Å²) in [4.78, 5) is 30.0. The molecule has 0 aliphatic heterocycles. The van der Waals surface area contributed by atoms with E-state index in [1.807, 2.05) is 88.4 Å². The molecule has 45 heavy (non-hydrogen) atoms. The highest BCUT2D eigenvalue weighted by Crippen LogP contribution is 2.26. The number of aryl methyl sites for hydroxylation is 2. The first-order valence-electron chi connectivity index (χ1n) is 15.0. The molecule has 4 rings (SSSR count). The fourth-order valence-corrected chi connectivity index (χ4v) is 6.60. The molecule has 2 unspecified atom stereocenters. The van der Waals surface area contributed by atoms with E-state index in [0.717, 1.165) is 37.5 Å². The summed E-state index contributed by atoms with van der Waals surface area (Å²) in [6.45, 7) is 7.29. The van der Waals surface area contributed by atoms with Crippen LogP contribution in [0.1, 0.15) is 42.5 Å². The zero-order valence-electron chi connectivity index (χ0n) is 26.1. The van der Waals surface area contributed by atoms with Crippen molar-refractivity contribution >= 4 is 43.5 Å². The summed E-state index contributed by atoms with van der Waals surface area (Å²) in [6, 6.07) is 29.7. The van der Waals surface area contributed by atoms with E-state index < -0.39 is 28.5 Å². The first-order chi connectivity index (χ1) is 21.5. The minimum atomic E-state index is -4.14. The molecule has 0 aliphatic carbocycles. The molecule has 1 N–H and O–H groups in total. The van der Waals surface area contributed by atoms with E-state index in [4.69, 9.17) is 0 Å². The van der Waals surface area contributed by atoms with Crippen molar-refractivity contribution in [1.82, 2.24) is 10.2 Å². The predicted molar refractivity (Wildman–Crippen MR) is 183 cm³/mol. The molecule has 4 aromatic carbocycles. The molecular weight excluding hydrogens is 650 g/mol. The van der Waals surface area contributed by atoms with Gasteiger partial charge in [-0.15, -0.1) is 0 Å². The quantitative estimate of drug-likeness (QED) is 0.167. The Morgan fingerprint density at radius 3 is 2.11 bits per heavy atom. The number of carbonyl (C=O) groups is 2. The van der Waals surface area contributed by atoms with Crippen LogP contribution >= 0.6 is 15.9 Å². The highest BCUT2D eigenvalue weighted by Gasteiger charge is 2.35. The first kappa shape index (κ1) is 33.9. The lowest BCUT2D eigenvalue weighted by molar-refractivity contribution is -0.140. The van der Waals surface area contributed by atoms with Crippen molar-refractivity contribution in [1.29, 1.82) is 0 Å². The summed E-state index contributed by atoms with van der Waals surface area (Å²) in [5.41, 5.74) is 3.84. The minimum absolute atomic E-state index is 0.0808. The van der Waals surface area contributed by atoms with Crippen LogP contribution in [0.15, 0.2) is 112 Å². The number of sulfonamides is 1. The Kier molecular flexibility index (Phi) is 11.6. The van der Waals surface area contributed by atoms with Crippen LogP contribution in [0.2, 0.25) is 0 Å². The molecule has 0 aliphatic rings. The van der Waals surface area contributed by atoms with E-state index in [1.54, 1.807) is 42.5 Å². The van der Waals surface area contributed by atoms with Gasteiger partial charge in [0, 0.05) is 23.5 Å². The van der Waals surface area contributed by atoms with Crippen molar-refractivity contribution < 1.29 is 18.0 Å². The fraction of sp³-hybridized carbons (Fsp3) is 0.278. The van der Waals surface area contributed by atoms with Crippen molar-refractivity contribution in [3.8, 4) is 0 Å². The highest BCUT2D eigenvalue weighted by molar-refractivity contribution is 9.10. The molecule has 0 bridgehead atoms. The normalized spacial score (nSPS) is 12.6. The molecule has 0 saturated carbocycles. The average Bonchev–Trinajstić information content (AvgIpc) is 3.02. The van der Waals surface area contributed by atoms with Crippen LogP contribution in [-0.4, -0.2) is 43.8 Å². The first-order valence-corrected chi connectivity index (χ1v) is 17.3. The Morgan fingerprint density at radius 1 is 0.822 bits per heavy atom. The zero-order valence-corrected chi connectivity index (χ0v) is 28.5. The smallest absolute Gasteiger partial charge is 0.264 e. The molecule has 2 atom stereocenters. The van der Waals surface area contributed by atoms with E-state index in [9.17, 15) is 18.0 Å². The van der Waals surface area contributed by atoms with Crippen molar-refractivity contribution in [3.05, 3.63) is 130 Å². The topological polar surface area (TPSA) is 86.8 Å². The highest BCUT2D eigenvalue weighted by atomic mass is 79.9. The lowest BCUT2D eigenvalue weighted by Gasteiger charge is -2.34. The third-order valence-corrected chi connectivity index (χ3v) is 10.0. The molecule has 0 saturated heterocycles. The summed E-state index contributed by atoms with van der Waals surface area (Å²) in [5.74, 6) is -0.780. The molecule has 0 radical (unpaired) electrons. The molecule has 0 spiro atoms. The Bertz CT molecular complexity index is 1690. The van der Waals surface area contributed by atoms with Gasteiger partial charge in [-0.3, -0.25) is 13.9 Å². The van der Waals surface area contributed by atoms with E-state index in [2.05, 4.69) is 21.2 Å². The number of amides is 2. The standard InChI is InChI=1S/C36H40BrN3O4S/c1-5-28(4)38-36(42)34(23-29-11-7-6-8-12-29)39(24-30-16-18-31(37)19-17-30)35(41)25-40(32-13-9-10-27(3)22-32)45(43,44)33-20-14-26(2)15-21-33/h6-22,28,34H,5,23-25H2,1-4H3,(H,38,42). The van der Waals surface area contributed by atoms with Crippen molar-refractivity contribution in [2.24, 2.45) is 0 Å². The third kappa shape index (κ3) is 9.05. The van der Waals surface area contributed by atoms with E-state index in [1.165, 1.54) is 4.90 Å². The number of anilines is 1. The molecule has 0 aromatic heterocycles. The Labute approximate surface area is 275 Å². The molecule has 9 heteroatoms. The van der Waals surface area contributed by atoms with Crippen molar-refractivity contribution in [2.45, 2.75) is 64.1 Å². The lowest BCUT2D eigenvalue weighted by atomic mass is 10.0. The van der Waals surface area contributed by atoms with Gasteiger partial charge in [0.15, 0.2) is 0 Å². The van der Waals surface area contributed by atoms with Crippen molar-refractivity contribution in [2.75, 3.05) is 10.8 Å². The summed E-state index contributed by atoms with van der Waals surface area (Å²) < 4.78 is 30.3. The van der Waals surface area contributed by atoms with Gasteiger partial charge in [-0.25, -0.2) is 8.42 Å². The van der Waals surface area contributed by atoms with Gasteiger partial charge in [-0.2, -0.15) is 0 Å². The Hall–Kier alpha value is -3.95. The molecule has 4 aromatic rings. The van der Waals surface area contributed by atoms with Gasteiger partial charge in [0.1, 0.15) is 12.6 Å². The third-order valence-electron chi connectivity index (χ3n) is 7.72. The van der Waals surface area contributed by atoms with E-state index >= 15 is 0 Å². The SMILES string of the molecule is CCC(C)NC(=O)C(Cc1ccccc1)N(Cc1ccc(Br)cc1)C(=O)CN(c1cccc(C)c1)S(=O)(=O)c1ccc(C)cc1. The molecule has 236 valence electrons. The van der Waals surface area contributed by atoms with Crippen LogP contribution in [0.4, 0.5) is 5.69 Å². The molecule has 0 heterocycles. The number of hydrogen-bond acceptors (Lipinski definition) is 4. The van der Waals surface area contributed by atoms with Crippen LogP contribution < -0.4 is 9.62 Å². The molecule has 0 fully saturated rings. The van der Waals surface area contributed by atoms with Crippen LogP contribution in [0.3, 0.4) is 0 Å². The largest absolute Gasteiger partial charge is 0.352 e. The molecular formula is C36H40BrN3O4S. The van der Waals surface area contributed by atoms with Crippen molar-refractivity contribution in [3.63, 3.8) is 0 Å². The maximum Gasteiger partial charge on any atom is 0.264 e. The summed E-state index contributed by atoms with van der Waals surface area (Å²) in [7, 11) is -4.14. The number of halogens is 1. The second kappa shape index (κ2) is 15.4. The van der Waals surface area contributed by atoms with Crippen LogP contribution in [0, 0.1) is 13.8 Å². The average molecular weight is 691 g/mol. The zero-order chi connectivity index (χ0) is 32.6. The minimum Gasteiger partial charge on any atom is -0.352 e. The van der Waals surface area contributed by atoms with Gasteiger partial charge < -0.3 is 10.2 Å². The summed E-state index contributed by atoms with van der Waals surface area (Å²) >= 11 is 3.47. The van der Waals surface area contributed by atoms with Gasteiger partial charge in [0.2, 0.25) is 11.8 Å². The van der Waals surface area contributed by atoms with Gasteiger partial charge in [-0.1, -0.05) is 95.1 Å². The van der Waals surface area contributed by atoms with Crippen LogP contribution in [0.25, 0.3) is 0 Å². The predicted octanol–water partition coefficient (Wildman–Crippen LogP) is 6.82. The summed E-state index contributed by atoms with van der Waals surface area (Å²) in [5, 5.41) is 3.06. The van der Waals surface area contributed by atoms with Crippen LogP contribution in [-0.2, 0) is 32.6 Å². The fourth-order valence-electron chi connectivity index (χ4n) is 4.93. The Balaban J connectivity index is 1.80. The van der Waals surface area contributed by atoms with E-state index in [-0.39, 0.29) is 29.8 Å². The monoisotopic (exact) mass is 689 g/mol. The second-order valence-electron chi connectivity index (χ2n) is 11.3. The van der Waals surface area contributed by atoms with E-state index in [0.29, 0.717) is 5.69 Å². The maximum absolute atomic E-state index is 14.5. The van der Waals surface area contributed by atoms with Crippen LogP contribution in [0.5, 0.6) is 0 Å². The van der Waals surface area contributed by atoms with Gasteiger partial charge in [0.05, 0.1) is 10.6 Å². The molecule has 2 amide bonds.